The van der Waals surface area contributed by atoms with E-state index in [0.29, 0.717) is 18.9 Å². The first-order valence-electron chi connectivity index (χ1n) is 5.96. The Balaban J connectivity index is 1.79. The maximum atomic E-state index is 5.47. The maximum absolute atomic E-state index is 5.47. The molecular weight excluding hydrogens is 214 g/mol. The SMILES string of the molecule is NCCc1noc(C2Cc3ccccc3C2)n1. The zero-order chi connectivity index (χ0) is 11.7. The molecule has 0 atom stereocenters. The highest BCUT2D eigenvalue weighted by molar-refractivity contribution is 5.34. The van der Waals surface area contributed by atoms with E-state index in [1.54, 1.807) is 0 Å². The molecule has 0 saturated carbocycles. The fourth-order valence-electron chi connectivity index (χ4n) is 2.40. The molecule has 2 aromatic rings. The van der Waals surface area contributed by atoms with Crippen LogP contribution < -0.4 is 5.73 Å². The lowest BCUT2D eigenvalue weighted by Gasteiger charge is -2.00. The molecule has 0 fully saturated rings. The van der Waals surface area contributed by atoms with Crippen LogP contribution in [0.25, 0.3) is 0 Å². The van der Waals surface area contributed by atoms with Crippen LogP contribution in [-0.4, -0.2) is 16.7 Å². The normalized spacial score (nSPS) is 15.1. The van der Waals surface area contributed by atoms with Gasteiger partial charge >= 0.3 is 0 Å². The summed E-state index contributed by atoms with van der Waals surface area (Å²) >= 11 is 0. The van der Waals surface area contributed by atoms with Crippen LogP contribution in [0, 0.1) is 0 Å². The minimum Gasteiger partial charge on any atom is -0.339 e. The van der Waals surface area contributed by atoms with Crippen LogP contribution in [0.15, 0.2) is 28.8 Å². The average Bonchev–Trinajstić information content (AvgIpc) is 2.94. The standard InChI is InChI=1S/C13H15N3O/c14-6-5-12-15-13(17-16-12)11-7-9-3-1-2-4-10(9)8-11/h1-4,11H,5-8,14H2. The second kappa shape index (κ2) is 4.30. The van der Waals surface area contributed by atoms with Crippen molar-refractivity contribution in [2.45, 2.75) is 25.2 Å². The summed E-state index contributed by atoms with van der Waals surface area (Å²) in [6, 6.07) is 8.50. The van der Waals surface area contributed by atoms with Crippen LogP contribution in [0.3, 0.4) is 0 Å². The number of nitrogens with two attached hydrogens (primary N) is 1. The number of benzene rings is 1. The largest absolute Gasteiger partial charge is 0.339 e. The molecule has 88 valence electrons. The molecule has 1 heterocycles. The number of hydrogen-bond acceptors (Lipinski definition) is 4. The smallest absolute Gasteiger partial charge is 0.230 e. The van der Waals surface area contributed by atoms with Crippen LogP contribution in [0.4, 0.5) is 0 Å². The summed E-state index contributed by atoms with van der Waals surface area (Å²) in [6.45, 7) is 0.559. The van der Waals surface area contributed by atoms with E-state index >= 15 is 0 Å². The van der Waals surface area contributed by atoms with Gasteiger partial charge in [0.15, 0.2) is 5.82 Å². The number of hydrogen-bond donors (Lipinski definition) is 1. The van der Waals surface area contributed by atoms with E-state index in [1.807, 2.05) is 0 Å². The van der Waals surface area contributed by atoms with Gasteiger partial charge in [-0.05, 0) is 30.5 Å². The third kappa shape index (κ3) is 1.96. The molecule has 17 heavy (non-hydrogen) atoms. The molecule has 1 aromatic heterocycles. The molecule has 1 aliphatic rings. The quantitative estimate of drug-likeness (QED) is 0.865. The van der Waals surface area contributed by atoms with E-state index in [9.17, 15) is 0 Å². The highest BCUT2D eigenvalue weighted by Gasteiger charge is 2.26. The third-order valence-electron chi connectivity index (χ3n) is 3.25. The molecular formula is C13H15N3O. The van der Waals surface area contributed by atoms with Gasteiger partial charge in [-0.2, -0.15) is 4.98 Å². The fourth-order valence-corrected chi connectivity index (χ4v) is 2.40. The van der Waals surface area contributed by atoms with Crippen molar-refractivity contribution < 1.29 is 4.52 Å². The molecule has 0 saturated heterocycles. The summed E-state index contributed by atoms with van der Waals surface area (Å²) in [7, 11) is 0. The summed E-state index contributed by atoms with van der Waals surface area (Å²) in [5.41, 5.74) is 8.27. The molecule has 0 amide bonds. The summed E-state index contributed by atoms with van der Waals surface area (Å²) < 4.78 is 5.32. The number of nitrogens with zero attached hydrogens (tertiary/aromatic N) is 2. The Morgan fingerprint density at radius 3 is 2.59 bits per heavy atom. The predicted octanol–water partition coefficient (Wildman–Crippen LogP) is 1.45. The summed E-state index contributed by atoms with van der Waals surface area (Å²) in [5.74, 6) is 1.81. The second-order valence-corrected chi connectivity index (χ2v) is 4.46. The molecule has 1 aromatic carbocycles. The van der Waals surface area contributed by atoms with Gasteiger partial charge in [0, 0.05) is 12.3 Å². The Bertz CT molecular complexity index is 496. The van der Waals surface area contributed by atoms with Crippen molar-refractivity contribution in [3.05, 3.63) is 47.1 Å². The maximum Gasteiger partial charge on any atom is 0.230 e. The molecule has 4 nitrogen and oxygen atoms in total. The Kier molecular flexibility index (Phi) is 2.65. The minimum absolute atomic E-state index is 0.339. The highest BCUT2D eigenvalue weighted by Crippen LogP contribution is 2.32. The first-order chi connectivity index (χ1) is 8.36. The lowest BCUT2D eigenvalue weighted by atomic mass is 10.1. The Morgan fingerprint density at radius 1 is 1.24 bits per heavy atom. The van der Waals surface area contributed by atoms with Gasteiger partial charge in [-0.25, -0.2) is 0 Å². The van der Waals surface area contributed by atoms with E-state index in [-0.39, 0.29) is 0 Å². The van der Waals surface area contributed by atoms with Gasteiger partial charge in [0.25, 0.3) is 0 Å². The topological polar surface area (TPSA) is 64.9 Å². The van der Waals surface area contributed by atoms with Gasteiger partial charge in [-0.15, -0.1) is 0 Å². The predicted molar refractivity (Wildman–Crippen MR) is 63.6 cm³/mol. The number of fused-ring (bicyclic) bond motifs is 1. The fraction of sp³-hybridized carbons (Fsp3) is 0.385. The van der Waals surface area contributed by atoms with Gasteiger partial charge in [-0.1, -0.05) is 29.4 Å². The second-order valence-electron chi connectivity index (χ2n) is 4.46. The lowest BCUT2D eigenvalue weighted by molar-refractivity contribution is 0.351. The minimum atomic E-state index is 0.339. The summed E-state index contributed by atoms with van der Waals surface area (Å²) in [5, 5.41) is 3.95. The molecule has 1 aliphatic carbocycles. The van der Waals surface area contributed by atoms with Crippen LogP contribution in [0.1, 0.15) is 28.8 Å². The average molecular weight is 229 g/mol. The number of aromatic nitrogens is 2. The van der Waals surface area contributed by atoms with Gasteiger partial charge in [-0.3, -0.25) is 0 Å². The Hall–Kier alpha value is -1.68. The van der Waals surface area contributed by atoms with E-state index in [2.05, 4.69) is 34.4 Å². The van der Waals surface area contributed by atoms with Crippen molar-refractivity contribution >= 4 is 0 Å². The zero-order valence-electron chi connectivity index (χ0n) is 9.60. The molecule has 4 heteroatoms. The molecule has 0 radical (unpaired) electrons. The Labute approximate surface area is 99.8 Å². The molecule has 0 aliphatic heterocycles. The zero-order valence-corrected chi connectivity index (χ0v) is 9.60. The molecule has 3 rings (SSSR count). The van der Waals surface area contributed by atoms with Crippen LogP contribution >= 0.6 is 0 Å². The Morgan fingerprint density at radius 2 is 1.94 bits per heavy atom. The van der Waals surface area contributed by atoms with E-state index in [0.717, 1.165) is 24.6 Å². The van der Waals surface area contributed by atoms with Crippen molar-refractivity contribution in [2.24, 2.45) is 5.73 Å². The van der Waals surface area contributed by atoms with Crippen molar-refractivity contribution in [1.29, 1.82) is 0 Å². The van der Waals surface area contributed by atoms with Gasteiger partial charge in [0.2, 0.25) is 5.89 Å². The first-order valence-corrected chi connectivity index (χ1v) is 5.96. The highest BCUT2D eigenvalue weighted by atomic mass is 16.5. The van der Waals surface area contributed by atoms with Crippen LogP contribution in [0.5, 0.6) is 0 Å². The van der Waals surface area contributed by atoms with E-state index in [1.165, 1.54) is 11.1 Å². The summed E-state index contributed by atoms with van der Waals surface area (Å²) in [6.07, 6.45) is 2.68. The van der Waals surface area contributed by atoms with Crippen molar-refractivity contribution in [1.82, 2.24) is 10.1 Å². The number of rotatable bonds is 3. The van der Waals surface area contributed by atoms with Gasteiger partial charge < -0.3 is 10.3 Å². The van der Waals surface area contributed by atoms with E-state index in [4.69, 9.17) is 10.3 Å². The van der Waals surface area contributed by atoms with Crippen molar-refractivity contribution in [3.63, 3.8) is 0 Å². The molecule has 0 unspecified atom stereocenters. The lowest BCUT2D eigenvalue weighted by Crippen LogP contribution is -2.04. The first kappa shape index (κ1) is 10.5. The third-order valence-corrected chi connectivity index (χ3v) is 3.25. The molecule has 2 N–H and O–H groups in total. The summed E-state index contributed by atoms with van der Waals surface area (Å²) in [4.78, 5) is 4.41. The molecule has 0 spiro atoms. The van der Waals surface area contributed by atoms with Crippen LogP contribution in [0.2, 0.25) is 0 Å². The van der Waals surface area contributed by atoms with E-state index < -0.39 is 0 Å². The van der Waals surface area contributed by atoms with Crippen molar-refractivity contribution in [2.75, 3.05) is 6.54 Å². The molecule has 0 bridgehead atoms. The van der Waals surface area contributed by atoms with Gasteiger partial charge in [0.05, 0.1) is 0 Å². The monoisotopic (exact) mass is 229 g/mol. The van der Waals surface area contributed by atoms with Gasteiger partial charge in [0.1, 0.15) is 0 Å². The van der Waals surface area contributed by atoms with Crippen molar-refractivity contribution in [3.8, 4) is 0 Å². The van der Waals surface area contributed by atoms with Crippen LogP contribution in [-0.2, 0) is 19.3 Å².